The van der Waals surface area contributed by atoms with E-state index in [1.165, 1.54) is 6.07 Å². The SMILES string of the molecule is CC1(c2nc(-c3ccc(F)c(F)c3)no2)CCNC1. The summed E-state index contributed by atoms with van der Waals surface area (Å²) in [6.45, 7) is 3.71. The molecule has 1 aliphatic heterocycles. The molecule has 0 aliphatic carbocycles. The van der Waals surface area contributed by atoms with Crippen LogP contribution in [0.3, 0.4) is 0 Å². The summed E-state index contributed by atoms with van der Waals surface area (Å²) in [6.07, 6.45) is 0.909. The minimum Gasteiger partial charge on any atom is -0.338 e. The van der Waals surface area contributed by atoms with Gasteiger partial charge in [-0.15, -0.1) is 0 Å². The maximum Gasteiger partial charge on any atom is 0.234 e. The Kier molecular flexibility index (Phi) is 2.82. The molecule has 0 saturated carbocycles. The first kappa shape index (κ1) is 12.2. The molecule has 2 aromatic rings. The number of hydrogen-bond acceptors (Lipinski definition) is 4. The smallest absolute Gasteiger partial charge is 0.234 e. The maximum absolute atomic E-state index is 13.2. The van der Waals surface area contributed by atoms with E-state index in [1.54, 1.807) is 0 Å². The Bertz CT molecular complexity index is 606. The van der Waals surface area contributed by atoms with E-state index in [9.17, 15) is 8.78 Å². The van der Waals surface area contributed by atoms with Gasteiger partial charge in [-0.3, -0.25) is 0 Å². The van der Waals surface area contributed by atoms with Crippen LogP contribution in [-0.2, 0) is 5.41 Å². The van der Waals surface area contributed by atoms with Gasteiger partial charge in [0.25, 0.3) is 0 Å². The zero-order valence-corrected chi connectivity index (χ0v) is 10.4. The van der Waals surface area contributed by atoms with E-state index in [-0.39, 0.29) is 11.2 Å². The van der Waals surface area contributed by atoms with Crippen molar-refractivity contribution >= 4 is 0 Å². The monoisotopic (exact) mass is 265 g/mol. The molecule has 6 heteroatoms. The normalized spacial score (nSPS) is 22.9. The highest BCUT2D eigenvalue weighted by Crippen LogP contribution is 2.30. The van der Waals surface area contributed by atoms with Crippen molar-refractivity contribution in [3.8, 4) is 11.4 Å². The molecule has 1 saturated heterocycles. The van der Waals surface area contributed by atoms with Crippen molar-refractivity contribution in [3.63, 3.8) is 0 Å². The molecule has 1 N–H and O–H groups in total. The first-order valence-corrected chi connectivity index (χ1v) is 6.09. The fourth-order valence-corrected chi connectivity index (χ4v) is 2.22. The molecule has 0 spiro atoms. The Labute approximate surface area is 108 Å². The van der Waals surface area contributed by atoms with Crippen LogP contribution in [0.15, 0.2) is 22.7 Å². The van der Waals surface area contributed by atoms with Crippen LogP contribution in [-0.4, -0.2) is 23.2 Å². The number of hydrogen-bond donors (Lipinski definition) is 1. The number of halogens is 2. The predicted molar refractivity (Wildman–Crippen MR) is 64.5 cm³/mol. The van der Waals surface area contributed by atoms with E-state index < -0.39 is 11.6 Å². The molecule has 0 bridgehead atoms. The van der Waals surface area contributed by atoms with Gasteiger partial charge >= 0.3 is 0 Å². The molecule has 1 unspecified atom stereocenters. The van der Waals surface area contributed by atoms with Gasteiger partial charge in [0.05, 0.1) is 5.41 Å². The lowest BCUT2D eigenvalue weighted by molar-refractivity contribution is 0.306. The molecule has 3 rings (SSSR count). The highest BCUT2D eigenvalue weighted by Gasteiger charge is 2.36. The molecule has 0 amide bonds. The largest absolute Gasteiger partial charge is 0.338 e. The fraction of sp³-hybridized carbons (Fsp3) is 0.385. The highest BCUT2D eigenvalue weighted by atomic mass is 19.2. The van der Waals surface area contributed by atoms with Crippen LogP contribution < -0.4 is 5.32 Å². The maximum atomic E-state index is 13.2. The number of benzene rings is 1. The molecule has 0 radical (unpaired) electrons. The van der Waals surface area contributed by atoms with Crippen LogP contribution in [0.5, 0.6) is 0 Å². The molecule has 1 aromatic carbocycles. The van der Waals surface area contributed by atoms with Crippen molar-refractivity contribution in [2.45, 2.75) is 18.8 Å². The molecule has 4 nitrogen and oxygen atoms in total. The van der Waals surface area contributed by atoms with E-state index in [0.717, 1.165) is 31.6 Å². The standard InChI is InChI=1S/C13H13F2N3O/c1-13(4-5-16-7-13)12-17-11(18-19-12)8-2-3-9(14)10(15)6-8/h2-3,6,16H,4-5,7H2,1H3. The Morgan fingerprint density at radius 3 is 2.84 bits per heavy atom. The van der Waals surface area contributed by atoms with Crippen molar-refractivity contribution in [2.75, 3.05) is 13.1 Å². The van der Waals surface area contributed by atoms with E-state index in [1.807, 2.05) is 6.92 Å². The summed E-state index contributed by atoms with van der Waals surface area (Å²) < 4.78 is 31.3. The molecule has 19 heavy (non-hydrogen) atoms. The van der Waals surface area contributed by atoms with Crippen LogP contribution in [0, 0.1) is 11.6 Å². The summed E-state index contributed by atoms with van der Waals surface area (Å²) in [5.41, 5.74) is 0.215. The third-order valence-electron chi connectivity index (χ3n) is 3.49. The average Bonchev–Trinajstić information content (AvgIpc) is 3.02. The quantitative estimate of drug-likeness (QED) is 0.905. The van der Waals surface area contributed by atoms with Crippen LogP contribution in [0.2, 0.25) is 0 Å². The third-order valence-corrected chi connectivity index (χ3v) is 3.49. The molecule has 2 heterocycles. The third kappa shape index (κ3) is 2.12. The first-order valence-electron chi connectivity index (χ1n) is 6.09. The van der Waals surface area contributed by atoms with E-state index in [2.05, 4.69) is 15.5 Å². The van der Waals surface area contributed by atoms with E-state index in [0.29, 0.717) is 11.5 Å². The fourth-order valence-electron chi connectivity index (χ4n) is 2.22. The van der Waals surface area contributed by atoms with Crippen molar-refractivity contribution in [1.29, 1.82) is 0 Å². The highest BCUT2D eigenvalue weighted by molar-refractivity contribution is 5.54. The first-order chi connectivity index (χ1) is 9.08. The van der Waals surface area contributed by atoms with Gasteiger partial charge in [0.2, 0.25) is 11.7 Å². The van der Waals surface area contributed by atoms with Gasteiger partial charge in [0, 0.05) is 12.1 Å². The van der Waals surface area contributed by atoms with Gasteiger partial charge in [0.1, 0.15) is 0 Å². The number of aromatic nitrogens is 2. The second-order valence-corrected chi connectivity index (χ2v) is 5.04. The van der Waals surface area contributed by atoms with Gasteiger partial charge in [-0.05, 0) is 38.1 Å². The van der Waals surface area contributed by atoms with Crippen LogP contribution in [0.1, 0.15) is 19.2 Å². The lowest BCUT2D eigenvalue weighted by atomic mass is 9.90. The van der Waals surface area contributed by atoms with Crippen molar-refractivity contribution in [1.82, 2.24) is 15.5 Å². The predicted octanol–water partition coefficient (Wildman–Crippen LogP) is 2.27. The molecule has 100 valence electrons. The Hall–Kier alpha value is -1.82. The molecule has 1 fully saturated rings. The topological polar surface area (TPSA) is 51.0 Å². The van der Waals surface area contributed by atoms with E-state index >= 15 is 0 Å². The number of nitrogens with one attached hydrogen (secondary N) is 1. The Balaban J connectivity index is 1.94. The van der Waals surface area contributed by atoms with Crippen LogP contribution in [0.4, 0.5) is 8.78 Å². The summed E-state index contributed by atoms with van der Waals surface area (Å²) in [5.74, 6) is -1.00. The van der Waals surface area contributed by atoms with E-state index in [4.69, 9.17) is 4.52 Å². The molecular formula is C13H13F2N3O. The van der Waals surface area contributed by atoms with Gasteiger partial charge in [-0.25, -0.2) is 8.78 Å². The summed E-state index contributed by atoms with van der Waals surface area (Å²) in [6, 6.07) is 3.56. The summed E-state index contributed by atoms with van der Waals surface area (Å²) in [4.78, 5) is 4.30. The lowest BCUT2D eigenvalue weighted by Gasteiger charge is -2.15. The molecular weight excluding hydrogens is 252 g/mol. The van der Waals surface area contributed by atoms with Gasteiger partial charge in [0.15, 0.2) is 11.6 Å². The van der Waals surface area contributed by atoms with Crippen LogP contribution in [0.25, 0.3) is 11.4 Å². The van der Waals surface area contributed by atoms with Crippen molar-refractivity contribution in [3.05, 3.63) is 35.7 Å². The Morgan fingerprint density at radius 2 is 2.16 bits per heavy atom. The Morgan fingerprint density at radius 1 is 1.32 bits per heavy atom. The zero-order chi connectivity index (χ0) is 13.5. The number of rotatable bonds is 2. The van der Waals surface area contributed by atoms with Crippen LogP contribution >= 0.6 is 0 Å². The molecule has 1 aliphatic rings. The average molecular weight is 265 g/mol. The van der Waals surface area contributed by atoms with Gasteiger partial charge in [-0.2, -0.15) is 4.98 Å². The lowest BCUT2D eigenvalue weighted by Crippen LogP contribution is -2.25. The van der Waals surface area contributed by atoms with Crippen molar-refractivity contribution < 1.29 is 13.3 Å². The second kappa shape index (κ2) is 4.38. The summed E-state index contributed by atoms with van der Waals surface area (Å²) in [5, 5.41) is 7.08. The minimum atomic E-state index is -0.919. The van der Waals surface area contributed by atoms with Gasteiger partial charge in [-0.1, -0.05) is 5.16 Å². The summed E-state index contributed by atoms with van der Waals surface area (Å²) in [7, 11) is 0. The van der Waals surface area contributed by atoms with Crippen molar-refractivity contribution in [2.24, 2.45) is 0 Å². The zero-order valence-electron chi connectivity index (χ0n) is 10.4. The minimum absolute atomic E-state index is 0.191. The molecule has 1 atom stereocenters. The summed E-state index contributed by atoms with van der Waals surface area (Å²) >= 11 is 0. The molecule has 1 aromatic heterocycles. The number of nitrogens with zero attached hydrogens (tertiary/aromatic N) is 2. The van der Waals surface area contributed by atoms with Gasteiger partial charge < -0.3 is 9.84 Å². The second-order valence-electron chi connectivity index (χ2n) is 5.04.